The molecule has 0 aliphatic carbocycles. The van der Waals surface area contributed by atoms with Gasteiger partial charge in [-0.05, 0) is 12.5 Å². The molecule has 0 bridgehead atoms. The molecule has 1 fully saturated rings. The van der Waals surface area contributed by atoms with Gasteiger partial charge in [-0.2, -0.15) is 4.98 Å². The smallest absolute Gasteiger partial charge is 0.280 e. The van der Waals surface area contributed by atoms with Crippen LogP contribution in [0.4, 0.5) is 5.95 Å². The van der Waals surface area contributed by atoms with Crippen LogP contribution in [0.25, 0.3) is 11.2 Å². The largest absolute Gasteiger partial charge is 0.386 e. The zero-order valence-electron chi connectivity index (χ0n) is 15.3. The van der Waals surface area contributed by atoms with Crippen molar-refractivity contribution < 1.29 is 14.6 Å². The number of aromatic amines is 1. The Morgan fingerprint density at radius 2 is 2.21 bits per heavy atom. The Bertz CT molecular complexity index is 1060. The van der Waals surface area contributed by atoms with E-state index in [1.165, 1.54) is 10.9 Å². The average molecular weight is 383 g/mol. The average Bonchev–Trinajstić information content (AvgIpc) is 3.20. The molecule has 2 aromatic heterocycles. The summed E-state index contributed by atoms with van der Waals surface area (Å²) in [5, 5.41) is 11.0. The first-order valence-electron chi connectivity index (χ1n) is 8.80. The highest BCUT2D eigenvalue weighted by molar-refractivity contribution is 5.70. The number of anilines is 1. The van der Waals surface area contributed by atoms with Gasteiger partial charge in [0.15, 0.2) is 17.4 Å². The number of aromatic nitrogens is 4. The number of aliphatic hydroxyl groups excluding tert-OH is 1. The molecule has 1 saturated heterocycles. The van der Waals surface area contributed by atoms with Gasteiger partial charge in [-0.15, -0.1) is 6.58 Å². The van der Waals surface area contributed by atoms with E-state index in [4.69, 9.17) is 15.2 Å². The molecule has 0 spiro atoms. The number of ether oxygens (including phenoxy) is 2. The van der Waals surface area contributed by atoms with E-state index in [-0.39, 0.29) is 17.1 Å². The van der Waals surface area contributed by atoms with Crippen LogP contribution in [0.5, 0.6) is 0 Å². The Kier molecular flexibility index (Phi) is 4.50. The van der Waals surface area contributed by atoms with Gasteiger partial charge >= 0.3 is 0 Å². The minimum absolute atomic E-state index is 0.0462. The number of nitrogens with one attached hydrogen (secondary N) is 1. The van der Waals surface area contributed by atoms with Crippen molar-refractivity contribution in [1.29, 1.82) is 0 Å². The fourth-order valence-electron chi connectivity index (χ4n) is 3.42. The van der Waals surface area contributed by atoms with Crippen LogP contribution in [0, 0.1) is 0 Å². The Hall–Kier alpha value is -3.01. The quantitative estimate of drug-likeness (QED) is 0.563. The third kappa shape index (κ3) is 2.99. The van der Waals surface area contributed by atoms with Crippen molar-refractivity contribution >= 4 is 17.1 Å². The highest BCUT2D eigenvalue weighted by Crippen LogP contribution is 2.40. The summed E-state index contributed by atoms with van der Waals surface area (Å²) in [4.78, 5) is 22.6. The molecule has 3 aromatic rings. The highest BCUT2D eigenvalue weighted by atomic mass is 16.6. The number of nitrogens with zero attached hydrogens (tertiary/aromatic N) is 3. The normalized spacial score (nSPS) is 27.3. The summed E-state index contributed by atoms with van der Waals surface area (Å²) in [6.07, 6.45) is 0.379. The number of benzene rings is 1. The third-order valence-electron chi connectivity index (χ3n) is 4.94. The van der Waals surface area contributed by atoms with Gasteiger partial charge in [0, 0.05) is 0 Å². The summed E-state index contributed by atoms with van der Waals surface area (Å²) in [6.45, 7) is 5.92. The molecule has 9 nitrogen and oxygen atoms in total. The van der Waals surface area contributed by atoms with E-state index in [1.807, 2.05) is 30.3 Å². The lowest BCUT2D eigenvalue weighted by Gasteiger charge is -2.27. The van der Waals surface area contributed by atoms with Crippen molar-refractivity contribution in [3.63, 3.8) is 0 Å². The number of nitrogens with two attached hydrogens (primary N) is 1. The maximum Gasteiger partial charge on any atom is 0.280 e. The van der Waals surface area contributed by atoms with Crippen molar-refractivity contribution in [2.45, 2.75) is 37.6 Å². The molecule has 0 radical (unpaired) electrons. The number of fused-ring (bicyclic) bond motifs is 1. The predicted octanol–water partition coefficient (Wildman–Crippen LogP) is 1.12. The van der Waals surface area contributed by atoms with E-state index in [1.54, 1.807) is 13.0 Å². The van der Waals surface area contributed by atoms with Crippen molar-refractivity contribution in [1.82, 2.24) is 19.5 Å². The van der Waals surface area contributed by atoms with Crippen molar-refractivity contribution in [2.75, 3.05) is 5.73 Å². The van der Waals surface area contributed by atoms with Gasteiger partial charge in [-0.1, -0.05) is 36.4 Å². The highest BCUT2D eigenvalue weighted by Gasteiger charge is 2.52. The van der Waals surface area contributed by atoms with E-state index in [2.05, 4.69) is 21.5 Å². The summed E-state index contributed by atoms with van der Waals surface area (Å²) in [5.41, 5.74) is 5.54. The van der Waals surface area contributed by atoms with Crippen LogP contribution in [0.15, 0.2) is 54.1 Å². The molecule has 0 unspecified atom stereocenters. The van der Waals surface area contributed by atoms with E-state index < -0.39 is 29.6 Å². The molecule has 9 heteroatoms. The number of aliphatic hydroxyl groups is 1. The zero-order valence-corrected chi connectivity index (χ0v) is 15.3. The lowest BCUT2D eigenvalue weighted by Crippen LogP contribution is -2.41. The fourth-order valence-corrected chi connectivity index (χ4v) is 3.42. The third-order valence-corrected chi connectivity index (χ3v) is 4.94. The van der Waals surface area contributed by atoms with Gasteiger partial charge in [-0.25, -0.2) is 4.98 Å². The van der Waals surface area contributed by atoms with E-state index in [0.717, 1.165) is 5.56 Å². The maximum atomic E-state index is 12.0. The minimum Gasteiger partial charge on any atom is -0.386 e. The lowest BCUT2D eigenvalue weighted by molar-refractivity contribution is -0.0802. The van der Waals surface area contributed by atoms with Crippen LogP contribution in [0.3, 0.4) is 0 Å². The molecule has 1 aliphatic heterocycles. The van der Waals surface area contributed by atoms with Gasteiger partial charge in [0.05, 0.1) is 12.9 Å². The zero-order chi connectivity index (χ0) is 19.9. The fraction of sp³-hybridized carbons (Fsp3) is 0.316. The Labute approximate surface area is 160 Å². The van der Waals surface area contributed by atoms with Gasteiger partial charge < -0.3 is 20.3 Å². The van der Waals surface area contributed by atoms with Gasteiger partial charge in [0.25, 0.3) is 5.56 Å². The van der Waals surface area contributed by atoms with Crippen LogP contribution < -0.4 is 11.3 Å². The molecule has 0 amide bonds. The predicted molar refractivity (Wildman–Crippen MR) is 102 cm³/mol. The molecule has 4 N–H and O–H groups in total. The molecule has 1 aromatic carbocycles. The Morgan fingerprint density at radius 1 is 1.46 bits per heavy atom. The lowest BCUT2D eigenvalue weighted by atomic mass is 9.97. The van der Waals surface area contributed by atoms with Crippen LogP contribution in [-0.2, 0) is 16.1 Å². The molecule has 4 atom stereocenters. The van der Waals surface area contributed by atoms with Gasteiger partial charge in [0.2, 0.25) is 5.95 Å². The minimum atomic E-state index is -1.05. The second-order valence-electron chi connectivity index (χ2n) is 6.88. The van der Waals surface area contributed by atoms with Gasteiger partial charge in [0.1, 0.15) is 17.8 Å². The van der Waals surface area contributed by atoms with Crippen molar-refractivity contribution in [3.05, 3.63) is 65.2 Å². The molecule has 0 saturated carbocycles. The second-order valence-corrected chi connectivity index (χ2v) is 6.88. The number of rotatable bonds is 5. The maximum absolute atomic E-state index is 12.0. The molecule has 3 heterocycles. The summed E-state index contributed by atoms with van der Waals surface area (Å²) in [7, 11) is 0. The molecule has 4 rings (SSSR count). The summed E-state index contributed by atoms with van der Waals surface area (Å²) in [6, 6.07) is 9.63. The topological polar surface area (TPSA) is 128 Å². The number of H-pyrrole nitrogens is 1. The first-order valence-corrected chi connectivity index (χ1v) is 8.80. The molecular formula is C19H21N5O4. The SMILES string of the molecule is C=C[C@@]1(C)O[C@@H](n2cnc3c(=O)[nH]c(N)nc32)[C@H](O)[C@@H]1OCc1ccccc1. The first kappa shape index (κ1) is 18.4. The summed E-state index contributed by atoms with van der Waals surface area (Å²) in [5.74, 6) is -0.0462. The van der Waals surface area contributed by atoms with Crippen LogP contribution >= 0.6 is 0 Å². The van der Waals surface area contributed by atoms with Crippen LogP contribution in [-0.4, -0.2) is 42.4 Å². The van der Waals surface area contributed by atoms with Crippen LogP contribution in [0.1, 0.15) is 18.7 Å². The molecule has 146 valence electrons. The number of imidazole rings is 1. The molecule has 28 heavy (non-hydrogen) atoms. The number of hydrogen-bond donors (Lipinski definition) is 3. The monoisotopic (exact) mass is 383 g/mol. The molecular weight excluding hydrogens is 362 g/mol. The second kappa shape index (κ2) is 6.86. The van der Waals surface area contributed by atoms with E-state index in [9.17, 15) is 9.90 Å². The van der Waals surface area contributed by atoms with Crippen LogP contribution in [0.2, 0.25) is 0 Å². The summed E-state index contributed by atoms with van der Waals surface area (Å²) >= 11 is 0. The van der Waals surface area contributed by atoms with Crippen molar-refractivity contribution in [3.8, 4) is 0 Å². The molecule has 1 aliphatic rings. The number of nitrogen functional groups attached to an aromatic ring is 1. The van der Waals surface area contributed by atoms with Crippen molar-refractivity contribution in [2.24, 2.45) is 0 Å². The van der Waals surface area contributed by atoms with E-state index >= 15 is 0 Å². The first-order chi connectivity index (χ1) is 13.4. The number of hydrogen-bond acceptors (Lipinski definition) is 7. The Morgan fingerprint density at radius 3 is 2.93 bits per heavy atom. The summed E-state index contributed by atoms with van der Waals surface area (Å²) < 4.78 is 13.6. The van der Waals surface area contributed by atoms with E-state index in [0.29, 0.717) is 6.61 Å². The standard InChI is InChI=1S/C19H21N5O4/c1-3-19(2)14(27-9-11-7-5-4-6-8-11)13(25)17(28-19)24-10-21-12-15(24)22-18(20)23-16(12)26/h3-8,10,13-14,17,25H,1,9H2,2H3,(H3,20,22,23,26)/t13-,14+,17-,19-/m1/s1. The van der Waals surface area contributed by atoms with Gasteiger partial charge in [-0.3, -0.25) is 14.3 Å². The Balaban J connectivity index is 1.66.